The van der Waals surface area contributed by atoms with Crippen LogP contribution in [0.4, 0.5) is 8.78 Å². The molecule has 0 unspecified atom stereocenters. The van der Waals surface area contributed by atoms with E-state index in [0.717, 1.165) is 7.11 Å². The quantitative estimate of drug-likeness (QED) is 0.632. The van der Waals surface area contributed by atoms with Gasteiger partial charge in [0.1, 0.15) is 17.4 Å². The zero-order valence-corrected chi connectivity index (χ0v) is 10.8. The Labute approximate surface area is 110 Å². The average molecular weight is 320 g/mol. The summed E-state index contributed by atoms with van der Waals surface area (Å²) in [5.41, 5.74) is 0.147. The normalized spacial score (nSPS) is 10.0. The van der Waals surface area contributed by atoms with Gasteiger partial charge in [-0.25, -0.2) is 4.79 Å². The molecule has 4 nitrogen and oxygen atoms in total. The Morgan fingerprint density at radius 3 is 2.67 bits per heavy atom. The number of carbonyl (C=O) groups excluding carboxylic acids is 1. The smallest absolute Gasteiger partial charge is 0.387 e. The lowest BCUT2D eigenvalue weighted by Crippen LogP contribution is -2.12. The molecule has 0 aliphatic heterocycles. The monoisotopic (exact) mass is 319 g/mol. The third-order valence-corrected chi connectivity index (χ3v) is 2.72. The van der Waals surface area contributed by atoms with Crippen molar-refractivity contribution in [3.63, 3.8) is 0 Å². The molecule has 18 heavy (non-hydrogen) atoms. The van der Waals surface area contributed by atoms with Crippen molar-refractivity contribution in [2.24, 2.45) is 0 Å². The Hall–Kier alpha value is -1.68. The summed E-state index contributed by atoms with van der Waals surface area (Å²) in [7, 11) is 1.09. The standard InChI is InChI=1S/C11H8BrF2NO3/c1-17-10(16)9-7(5-15)6(4-12)2-3-8(9)18-11(13)14/h2-3,11H,4H2,1H3. The summed E-state index contributed by atoms with van der Waals surface area (Å²) in [5.74, 6) is -1.27. The molecule has 0 amide bonds. The molecule has 0 aliphatic carbocycles. The van der Waals surface area contributed by atoms with E-state index < -0.39 is 12.6 Å². The summed E-state index contributed by atoms with van der Waals surface area (Å²) in [6.45, 7) is -3.09. The lowest BCUT2D eigenvalue weighted by molar-refractivity contribution is -0.0504. The first kappa shape index (κ1) is 14.4. The SMILES string of the molecule is COC(=O)c1c(OC(F)F)ccc(CBr)c1C#N. The largest absolute Gasteiger partial charge is 0.465 e. The molecular weight excluding hydrogens is 312 g/mol. The molecule has 0 radical (unpaired) electrons. The maximum Gasteiger partial charge on any atom is 0.387 e. The topological polar surface area (TPSA) is 59.3 Å². The van der Waals surface area contributed by atoms with Crippen LogP contribution in [0.3, 0.4) is 0 Å². The van der Waals surface area contributed by atoms with Crippen molar-refractivity contribution in [3.05, 3.63) is 28.8 Å². The molecule has 0 bridgehead atoms. The number of rotatable bonds is 4. The highest BCUT2D eigenvalue weighted by Crippen LogP contribution is 2.28. The van der Waals surface area contributed by atoms with Crippen molar-refractivity contribution in [3.8, 4) is 11.8 Å². The van der Waals surface area contributed by atoms with Crippen LogP contribution in [0.2, 0.25) is 0 Å². The number of ether oxygens (including phenoxy) is 2. The molecule has 0 atom stereocenters. The molecule has 1 aromatic carbocycles. The number of esters is 1. The van der Waals surface area contributed by atoms with Crippen molar-refractivity contribution in [1.29, 1.82) is 5.26 Å². The summed E-state index contributed by atoms with van der Waals surface area (Å²) in [5, 5.41) is 9.31. The highest BCUT2D eigenvalue weighted by Gasteiger charge is 2.23. The summed E-state index contributed by atoms with van der Waals surface area (Å²) in [4.78, 5) is 11.6. The number of benzene rings is 1. The van der Waals surface area contributed by atoms with Crippen LogP contribution in [-0.4, -0.2) is 19.7 Å². The predicted molar refractivity (Wildman–Crippen MR) is 61.8 cm³/mol. The molecule has 1 rings (SSSR count). The first-order chi connectivity index (χ1) is 8.54. The lowest BCUT2D eigenvalue weighted by Gasteiger charge is -2.12. The number of carbonyl (C=O) groups is 1. The van der Waals surface area contributed by atoms with Gasteiger partial charge < -0.3 is 9.47 Å². The summed E-state index contributed by atoms with van der Waals surface area (Å²) in [6.07, 6.45) is 0. The maximum atomic E-state index is 12.2. The fourth-order valence-corrected chi connectivity index (χ4v) is 1.83. The minimum Gasteiger partial charge on any atom is -0.465 e. The van der Waals surface area contributed by atoms with Crippen molar-refractivity contribution >= 4 is 21.9 Å². The minimum absolute atomic E-state index is 0.0446. The molecule has 1 aromatic rings. The van der Waals surface area contributed by atoms with Gasteiger partial charge in [0, 0.05) is 5.33 Å². The number of nitrogens with zero attached hydrogens (tertiary/aromatic N) is 1. The van der Waals surface area contributed by atoms with Crippen LogP contribution in [0.1, 0.15) is 21.5 Å². The number of hydrogen-bond donors (Lipinski definition) is 0. The minimum atomic E-state index is -3.09. The highest BCUT2D eigenvalue weighted by atomic mass is 79.9. The van der Waals surface area contributed by atoms with Gasteiger partial charge in [-0.05, 0) is 11.6 Å². The Balaban J connectivity index is 3.45. The van der Waals surface area contributed by atoms with Crippen molar-refractivity contribution < 1.29 is 23.0 Å². The molecule has 0 N–H and O–H groups in total. The molecule has 0 aliphatic rings. The molecule has 0 spiro atoms. The Bertz CT molecular complexity index is 500. The van der Waals surface area contributed by atoms with E-state index in [1.807, 2.05) is 0 Å². The van der Waals surface area contributed by atoms with Crippen LogP contribution in [0.25, 0.3) is 0 Å². The van der Waals surface area contributed by atoms with E-state index in [1.54, 1.807) is 6.07 Å². The number of nitriles is 1. The zero-order chi connectivity index (χ0) is 13.7. The number of hydrogen-bond acceptors (Lipinski definition) is 4. The molecule has 0 saturated heterocycles. The summed E-state index contributed by atoms with van der Waals surface area (Å²) < 4.78 is 33.1. The van der Waals surface area contributed by atoms with E-state index in [1.165, 1.54) is 12.1 Å². The van der Waals surface area contributed by atoms with Crippen molar-refractivity contribution in [2.45, 2.75) is 11.9 Å². The van der Waals surface area contributed by atoms with Gasteiger partial charge in [0.05, 0.1) is 12.7 Å². The van der Waals surface area contributed by atoms with Gasteiger partial charge in [0.2, 0.25) is 0 Å². The third-order valence-electron chi connectivity index (χ3n) is 2.11. The fourth-order valence-electron chi connectivity index (χ4n) is 1.36. The first-order valence-corrected chi connectivity index (χ1v) is 5.82. The molecule has 0 heterocycles. The molecule has 0 aromatic heterocycles. The second kappa shape index (κ2) is 6.31. The maximum absolute atomic E-state index is 12.2. The van der Waals surface area contributed by atoms with E-state index in [9.17, 15) is 13.6 Å². The van der Waals surface area contributed by atoms with Crippen LogP contribution in [0, 0.1) is 11.3 Å². The zero-order valence-electron chi connectivity index (χ0n) is 9.25. The number of halogens is 3. The van der Waals surface area contributed by atoms with Crippen LogP contribution in [-0.2, 0) is 10.1 Å². The second-order valence-corrected chi connectivity index (χ2v) is 3.65. The third kappa shape index (κ3) is 2.96. The van der Waals surface area contributed by atoms with Crippen molar-refractivity contribution in [2.75, 3.05) is 7.11 Å². The van der Waals surface area contributed by atoms with E-state index in [-0.39, 0.29) is 16.9 Å². The van der Waals surface area contributed by atoms with E-state index in [4.69, 9.17) is 5.26 Å². The number of methoxy groups -OCH3 is 1. The second-order valence-electron chi connectivity index (χ2n) is 3.09. The lowest BCUT2D eigenvalue weighted by atomic mass is 10.0. The predicted octanol–water partition coefficient (Wildman–Crippen LogP) is 2.84. The van der Waals surface area contributed by atoms with Crippen LogP contribution >= 0.6 is 15.9 Å². The molecule has 0 saturated carbocycles. The van der Waals surface area contributed by atoms with E-state index in [2.05, 4.69) is 25.4 Å². The Morgan fingerprint density at radius 2 is 2.22 bits per heavy atom. The van der Waals surface area contributed by atoms with Crippen LogP contribution in [0.15, 0.2) is 12.1 Å². The van der Waals surface area contributed by atoms with Crippen LogP contribution in [0.5, 0.6) is 5.75 Å². The van der Waals surface area contributed by atoms with E-state index >= 15 is 0 Å². The van der Waals surface area contributed by atoms with Gasteiger partial charge in [-0.15, -0.1) is 0 Å². The molecular formula is C11H8BrF2NO3. The van der Waals surface area contributed by atoms with Gasteiger partial charge in [-0.3, -0.25) is 0 Å². The van der Waals surface area contributed by atoms with Gasteiger partial charge in [-0.1, -0.05) is 22.0 Å². The van der Waals surface area contributed by atoms with Gasteiger partial charge in [0.25, 0.3) is 0 Å². The van der Waals surface area contributed by atoms with Crippen molar-refractivity contribution in [1.82, 2.24) is 0 Å². The fraction of sp³-hybridized carbons (Fsp3) is 0.273. The summed E-state index contributed by atoms with van der Waals surface area (Å²) in [6, 6.07) is 4.42. The Kier molecular flexibility index (Phi) is 5.04. The van der Waals surface area contributed by atoms with E-state index in [0.29, 0.717) is 10.9 Å². The number of alkyl halides is 3. The van der Waals surface area contributed by atoms with Gasteiger partial charge in [0.15, 0.2) is 0 Å². The molecule has 96 valence electrons. The Morgan fingerprint density at radius 1 is 1.56 bits per heavy atom. The van der Waals surface area contributed by atoms with Gasteiger partial charge >= 0.3 is 12.6 Å². The molecule has 7 heteroatoms. The molecule has 0 fully saturated rings. The highest BCUT2D eigenvalue weighted by molar-refractivity contribution is 9.08. The first-order valence-electron chi connectivity index (χ1n) is 4.70. The summed E-state index contributed by atoms with van der Waals surface area (Å²) >= 11 is 3.14. The van der Waals surface area contributed by atoms with Gasteiger partial charge in [-0.2, -0.15) is 14.0 Å². The van der Waals surface area contributed by atoms with Crippen LogP contribution < -0.4 is 4.74 Å². The average Bonchev–Trinajstić information content (AvgIpc) is 2.36.